The summed E-state index contributed by atoms with van der Waals surface area (Å²) in [6.45, 7) is 1.24. The zero-order valence-corrected chi connectivity index (χ0v) is 14.6. The van der Waals surface area contributed by atoms with Crippen LogP contribution in [0, 0.1) is 5.82 Å². The minimum Gasteiger partial charge on any atom is -0.350 e. The smallest absolute Gasteiger partial charge is 0.350 e. The first-order valence-electron chi connectivity index (χ1n) is 8.60. The third kappa shape index (κ3) is 3.84. The molecule has 2 aromatic carbocycles. The van der Waals surface area contributed by atoms with Gasteiger partial charge in [0.25, 0.3) is 0 Å². The molecule has 146 valence electrons. The number of alkyl halides is 3. The van der Waals surface area contributed by atoms with Gasteiger partial charge in [0.05, 0.1) is 24.9 Å². The van der Waals surface area contributed by atoms with Crippen molar-refractivity contribution in [2.75, 3.05) is 18.1 Å². The van der Waals surface area contributed by atoms with Crippen LogP contribution < -0.4 is 4.90 Å². The molecule has 0 saturated carbocycles. The molecule has 2 heterocycles. The van der Waals surface area contributed by atoms with Crippen LogP contribution in [0.25, 0.3) is 0 Å². The first kappa shape index (κ1) is 18.4. The Labute approximate surface area is 158 Å². The minimum absolute atomic E-state index is 0.153. The van der Waals surface area contributed by atoms with Crippen molar-refractivity contribution < 1.29 is 22.3 Å². The van der Waals surface area contributed by atoms with Gasteiger partial charge < -0.3 is 9.64 Å². The largest absolute Gasteiger partial charge is 0.416 e. The molecule has 1 aromatic heterocycles. The van der Waals surface area contributed by atoms with Crippen LogP contribution in [0.15, 0.2) is 54.7 Å². The van der Waals surface area contributed by atoms with Crippen LogP contribution in [0.4, 0.5) is 23.2 Å². The SMILES string of the molecule is Fc1ccc(N2CCO[C@@H]2c2cn(Cc3cccc(C(F)(F)F)c3)nn2)cc1. The Kier molecular flexibility index (Phi) is 4.76. The zero-order chi connectivity index (χ0) is 19.7. The zero-order valence-electron chi connectivity index (χ0n) is 14.6. The summed E-state index contributed by atoms with van der Waals surface area (Å²) in [4.78, 5) is 1.93. The lowest BCUT2D eigenvalue weighted by Gasteiger charge is -2.23. The quantitative estimate of drug-likeness (QED) is 0.629. The number of nitrogens with zero attached hydrogens (tertiary/aromatic N) is 4. The third-order valence-corrected chi connectivity index (χ3v) is 4.46. The molecule has 0 bridgehead atoms. The lowest BCUT2D eigenvalue weighted by molar-refractivity contribution is -0.137. The van der Waals surface area contributed by atoms with Crippen LogP contribution in [-0.2, 0) is 17.5 Å². The second-order valence-electron chi connectivity index (χ2n) is 6.43. The predicted molar refractivity (Wildman–Crippen MR) is 93.0 cm³/mol. The summed E-state index contributed by atoms with van der Waals surface area (Å²) < 4.78 is 59.0. The second-order valence-corrected chi connectivity index (χ2v) is 6.43. The number of halogens is 4. The van der Waals surface area contributed by atoms with E-state index in [-0.39, 0.29) is 12.4 Å². The Bertz CT molecular complexity index is 955. The molecule has 1 aliphatic rings. The summed E-state index contributed by atoms with van der Waals surface area (Å²) in [6.07, 6.45) is -3.23. The number of hydrogen-bond donors (Lipinski definition) is 0. The Balaban J connectivity index is 1.52. The summed E-state index contributed by atoms with van der Waals surface area (Å²) in [6, 6.07) is 11.2. The molecular formula is C19H16F4N4O. The van der Waals surface area contributed by atoms with Gasteiger partial charge >= 0.3 is 6.18 Å². The van der Waals surface area contributed by atoms with Crippen molar-refractivity contribution in [1.82, 2.24) is 15.0 Å². The summed E-state index contributed by atoms with van der Waals surface area (Å²) in [5.41, 5.74) is 1.09. The van der Waals surface area contributed by atoms with Crippen LogP contribution in [-0.4, -0.2) is 28.1 Å². The van der Waals surface area contributed by atoms with Crippen LogP contribution >= 0.6 is 0 Å². The summed E-state index contributed by atoms with van der Waals surface area (Å²) in [5.74, 6) is -0.326. The Morgan fingerprint density at radius 1 is 1.11 bits per heavy atom. The topological polar surface area (TPSA) is 43.2 Å². The van der Waals surface area contributed by atoms with Gasteiger partial charge in [-0.2, -0.15) is 13.2 Å². The van der Waals surface area contributed by atoms with Crippen molar-refractivity contribution in [2.45, 2.75) is 18.9 Å². The molecule has 28 heavy (non-hydrogen) atoms. The Morgan fingerprint density at radius 2 is 1.89 bits per heavy atom. The molecule has 0 unspecified atom stereocenters. The molecule has 0 N–H and O–H groups in total. The molecule has 1 saturated heterocycles. The van der Waals surface area contributed by atoms with E-state index in [1.807, 2.05) is 4.90 Å². The van der Waals surface area contributed by atoms with Gasteiger partial charge in [-0.25, -0.2) is 9.07 Å². The average molecular weight is 392 g/mol. The number of ether oxygens (including phenoxy) is 1. The van der Waals surface area contributed by atoms with E-state index in [1.165, 1.54) is 22.9 Å². The van der Waals surface area contributed by atoms with Gasteiger partial charge in [-0.05, 0) is 42.0 Å². The summed E-state index contributed by atoms with van der Waals surface area (Å²) in [5, 5.41) is 8.12. The van der Waals surface area contributed by atoms with Crippen molar-refractivity contribution >= 4 is 5.69 Å². The van der Waals surface area contributed by atoms with Gasteiger partial charge in [0.15, 0.2) is 6.23 Å². The molecule has 3 aromatic rings. The maximum atomic E-state index is 13.2. The number of hydrogen-bond acceptors (Lipinski definition) is 4. The van der Waals surface area contributed by atoms with Crippen molar-refractivity contribution in [3.8, 4) is 0 Å². The fourth-order valence-corrected chi connectivity index (χ4v) is 3.15. The molecule has 9 heteroatoms. The van der Waals surface area contributed by atoms with E-state index in [4.69, 9.17) is 4.74 Å². The first-order valence-corrected chi connectivity index (χ1v) is 8.60. The van der Waals surface area contributed by atoms with Crippen molar-refractivity contribution in [3.63, 3.8) is 0 Å². The van der Waals surface area contributed by atoms with E-state index in [0.29, 0.717) is 24.4 Å². The fourth-order valence-electron chi connectivity index (χ4n) is 3.15. The maximum absolute atomic E-state index is 13.2. The van der Waals surface area contributed by atoms with Gasteiger partial charge in [0.2, 0.25) is 0 Å². The Morgan fingerprint density at radius 3 is 2.64 bits per heavy atom. The monoisotopic (exact) mass is 392 g/mol. The number of aromatic nitrogens is 3. The predicted octanol–water partition coefficient (Wildman–Crippen LogP) is 4.02. The van der Waals surface area contributed by atoms with Crippen LogP contribution in [0.3, 0.4) is 0 Å². The normalized spacial score (nSPS) is 17.3. The van der Waals surface area contributed by atoms with E-state index < -0.39 is 18.0 Å². The van der Waals surface area contributed by atoms with Crippen molar-refractivity contribution in [1.29, 1.82) is 0 Å². The molecule has 5 nitrogen and oxygen atoms in total. The van der Waals surface area contributed by atoms with Gasteiger partial charge in [-0.15, -0.1) is 5.10 Å². The van der Waals surface area contributed by atoms with Crippen LogP contribution in [0.1, 0.15) is 23.0 Å². The molecule has 4 rings (SSSR count). The van der Waals surface area contributed by atoms with Gasteiger partial charge in [0, 0.05) is 12.2 Å². The number of anilines is 1. The van der Waals surface area contributed by atoms with Gasteiger partial charge in [-0.1, -0.05) is 17.3 Å². The van der Waals surface area contributed by atoms with E-state index in [2.05, 4.69) is 10.3 Å². The number of benzene rings is 2. The minimum atomic E-state index is -4.39. The van der Waals surface area contributed by atoms with Gasteiger partial charge in [0.1, 0.15) is 11.5 Å². The molecule has 0 amide bonds. The molecule has 0 radical (unpaired) electrons. The highest BCUT2D eigenvalue weighted by atomic mass is 19.4. The van der Waals surface area contributed by atoms with Crippen molar-refractivity contribution in [3.05, 3.63) is 77.4 Å². The van der Waals surface area contributed by atoms with Crippen LogP contribution in [0.5, 0.6) is 0 Å². The number of rotatable bonds is 4. The lowest BCUT2D eigenvalue weighted by Crippen LogP contribution is -2.23. The highest BCUT2D eigenvalue weighted by Gasteiger charge is 2.31. The second kappa shape index (κ2) is 7.23. The lowest BCUT2D eigenvalue weighted by atomic mass is 10.1. The van der Waals surface area contributed by atoms with E-state index in [9.17, 15) is 17.6 Å². The summed E-state index contributed by atoms with van der Waals surface area (Å²) in [7, 11) is 0. The Hall–Kier alpha value is -2.94. The third-order valence-electron chi connectivity index (χ3n) is 4.46. The van der Waals surface area contributed by atoms with Gasteiger partial charge in [-0.3, -0.25) is 0 Å². The molecule has 1 atom stereocenters. The summed E-state index contributed by atoms with van der Waals surface area (Å²) >= 11 is 0. The van der Waals surface area contributed by atoms with E-state index >= 15 is 0 Å². The molecule has 0 aliphatic carbocycles. The fraction of sp³-hybridized carbons (Fsp3) is 0.263. The molecular weight excluding hydrogens is 376 g/mol. The van der Waals surface area contributed by atoms with Crippen LogP contribution in [0.2, 0.25) is 0 Å². The van der Waals surface area contributed by atoms with E-state index in [1.54, 1.807) is 24.4 Å². The average Bonchev–Trinajstić information content (AvgIpc) is 3.31. The first-order chi connectivity index (χ1) is 13.4. The molecule has 1 fully saturated rings. The highest BCUT2D eigenvalue weighted by molar-refractivity contribution is 5.48. The molecule has 0 spiro atoms. The highest BCUT2D eigenvalue weighted by Crippen LogP contribution is 2.32. The van der Waals surface area contributed by atoms with E-state index in [0.717, 1.165) is 17.8 Å². The standard InChI is InChI=1S/C19H16F4N4O/c20-15-4-6-16(7-5-15)27-8-9-28-18(27)17-12-26(25-24-17)11-13-2-1-3-14(10-13)19(21,22)23/h1-7,10,12,18H,8-9,11H2/t18-/m1/s1. The maximum Gasteiger partial charge on any atom is 0.416 e. The van der Waals surface area contributed by atoms with Crippen molar-refractivity contribution in [2.24, 2.45) is 0 Å². The molecule has 1 aliphatic heterocycles.